The van der Waals surface area contributed by atoms with Crippen molar-refractivity contribution >= 4 is 23.4 Å². The zero-order valence-electron chi connectivity index (χ0n) is 16.2. The van der Waals surface area contributed by atoms with Crippen LogP contribution >= 0.6 is 0 Å². The van der Waals surface area contributed by atoms with E-state index in [4.69, 9.17) is 4.74 Å². The van der Waals surface area contributed by atoms with Crippen LogP contribution in [0.15, 0.2) is 48.5 Å². The number of nitrogens with one attached hydrogen (secondary N) is 3. The highest BCUT2D eigenvalue weighted by Crippen LogP contribution is 2.15. The molecule has 0 spiro atoms. The molecule has 0 aliphatic rings. The van der Waals surface area contributed by atoms with Gasteiger partial charge in [0.05, 0.1) is 6.10 Å². The average molecular weight is 383 g/mol. The van der Waals surface area contributed by atoms with Gasteiger partial charge in [-0.15, -0.1) is 0 Å². The van der Waals surface area contributed by atoms with E-state index in [0.717, 1.165) is 6.42 Å². The summed E-state index contributed by atoms with van der Waals surface area (Å²) in [5.41, 5.74) is 6.08. The fraction of sp³-hybridized carbons (Fsp3) is 0.286. The van der Waals surface area contributed by atoms with Gasteiger partial charge in [0.25, 0.3) is 11.8 Å². The van der Waals surface area contributed by atoms with Crippen LogP contribution in [0.5, 0.6) is 5.75 Å². The molecule has 0 aliphatic carbocycles. The van der Waals surface area contributed by atoms with Gasteiger partial charge in [-0.2, -0.15) is 0 Å². The maximum absolute atomic E-state index is 12.2. The Labute approximate surface area is 164 Å². The summed E-state index contributed by atoms with van der Waals surface area (Å²) in [7, 11) is 0. The quantitative estimate of drug-likeness (QED) is 0.639. The summed E-state index contributed by atoms with van der Waals surface area (Å²) in [6.07, 6.45) is 1.20. The highest BCUT2D eigenvalue weighted by Gasteiger charge is 2.11. The second kappa shape index (κ2) is 10.1. The number of hydrogen-bond donors (Lipinski definition) is 3. The summed E-state index contributed by atoms with van der Waals surface area (Å²) in [5.74, 6) is -0.411. The lowest BCUT2D eigenvalue weighted by molar-refractivity contribution is -0.116. The minimum Gasteiger partial charge on any atom is -0.491 e. The van der Waals surface area contributed by atoms with Gasteiger partial charge >= 0.3 is 0 Å². The van der Waals surface area contributed by atoms with Crippen LogP contribution in [0.3, 0.4) is 0 Å². The molecule has 0 aromatic heterocycles. The number of carbonyl (C=O) groups excluding carboxylic acids is 3. The van der Waals surface area contributed by atoms with Crippen molar-refractivity contribution in [3.05, 3.63) is 59.7 Å². The van der Waals surface area contributed by atoms with Crippen LogP contribution in [0.25, 0.3) is 0 Å². The number of hydrazine groups is 1. The van der Waals surface area contributed by atoms with Crippen LogP contribution < -0.4 is 20.9 Å². The summed E-state index contributed by atoms with van der Waals surface area (Å²) >= 11 is 0. The van der Waals surface area contributed by atoms with Crippen molar-refractivity contribution in [1.29, 1.82) is 0 Å². The van der Waals surface area contributed by atoms with Gasteiger partial charge in [0, 0.05) is 23.2 Å². The van der Waals surface area contributed by atoms with Crippen LogP contribution in [0, 0.1) is 0 Å². The van der Waals surface area contributed by atoms with Gasteiger partial charge in [-0.1, -0.05) is 13.0 Å². The molecule has 7 heteroatoms. The maximum atomic E-state index is 12.2. The summed E-state index contributed by atoms with van der Waals surface area (Å²) in [5, 5.41) is 2.75. The van der Waals surface area contributed by atoms with E-state index < -0.39 is 11.8 Å². The fourth-order valence-corrected chi connectivity index (χ4v) is 2.40. The van der Waals surface area contributed by atoms with Crippen molar-refractivity contribution in [3.63, 3.8) is 0 Å². The summed E-state index contributed by atoms with van der Waals surface area (Å²) in [6.45, 7) is 5.72. The molecule has 0 aliphatic heterocycles. The normalized spacial score (nSPS) is 10.3. The smallest absolute Gasteiger partial charge is 0.269 e. The van der Waals surface area contributed by atoms with Gasteiger partial charge in [-0.25, -0.2) is 0 Å². The highest BCUT2D eigenvalue weighted by atomic mass is 16.5. The van der Waals surface area contributed by atoms with Crippen molar-refractivity contribution in [2.24, 2.45) is 0 Å². The number of anilines is 1. The number of ether oxygens (including phenoxy) is 1. The number of carbonyl (C=O) groups is 3. The third-order valence-corrected chi connectivity index (χ3v) is 3.67. The molecule has 0 bridgehead atoms. The first-order valence-corrected chi connectivity index (χ1v) is 9.16. The lowest BCUT2D eigenvalue weighted by Crippen LogP contribution is -2.41. The molecule has 3 amide bonds. The van der Waals surface area contributed by atoms with Crippen molar-refractivity contribution in [2.45, 2.75) is 39.7 Å². The minimum atomic E-state index is -0.464. The van der Waals surface area contributed by atoms with E-state index in [-0.39, 0.29) is 12.0 Å². The molecular weight excluding hydrogens is 358 g/mol. The molecule has 2 aromatic carbocycles. The minimum absolute atomic E-state index is 0.00672. The summed E-state index contributed by atoms with van der Waals surface area (Å²) in [4.78, 5) is 36.0. The molecule has 0 heterocycles. The summed E-state index contributed by atoms with van der Waals surface area (Å²) < 4.78 is 5.56. The molecule has 28 heavy (non-hydrogen) atoms. The molecule has 148 valence electrons. The van der Waals surface area contributed by atoms with Gasteiger partial charge in [-0.05, 0) is 62.7 Å². The van der Waals surface area contributed by atoms with Gasteiger partial charge in [0.15, 0.2) is 0 Å². The SMILES string of the molecule is CCCC(=O)Nc1ccc(C(=O)NNC(=O)c2cccc(OC(C)C)c2)cc1. The Hall–Kier alpha value is -3.35. The van der Waals surface area contributed by atoms with Crippen molar-refractivity contribution in [3.8, 4) is 5.75 Å². The topological polar surface area (TPSA) is 96.5 Å². The van der Waals surface area contributed by atoms with E-state index in [1.54, 1.807) is 48.5 Å². The van der Waals surface area contributed by atoms with E-state index in [1.807, 2.05) is 20.8 Å². The Morgan fingerprint density at radius 1 is 0.929 bits per heavy atom. The van der Waals surface area contributed by atoms with Crippen molar-refractivity contribution < 1.29 is 19.1 Å². The van der Waals surface area contributed by atoms with Gasteiger partial charge in [-0.3, -0.25) is 25.2 Å². The van der Waals surface area contributed by atoms with Crippen LogP contribution in [0.2, 0.25) is 0 Å². The molecule has 0 fully saturated rings. The molecule has 0 unspecified atom stereocenters. The predicted molar refractivity (Wildman–Crippen MR) is 107 cm³/mol. The van der Waals surface area contributed by atoms with E-state index >= 15 is 0 Å². The third kappa shape index (κ3) is 6.42. The van der Waals surface area contributed by atoms with Crippen molar-refractivity contribution in [1.82, 2.24) is 10.9 Å². The van der Waals surface area contributed by atoms with Gasteiger partial charge in [0.1, 0.15) is 5.75 Å². The Morgan fingerprint density at radius 2 is 1.57 bits per heavy atom. The van der Waals surface area contributed by atoms with E-state index in [0.29, 0.717) is 29.0 Å². The Bertz CT molecular complexity index is 832. The second-order valence-corrected chi connectivity index (χ2v) is 6.48. The number of rotatable bonds is 7. The predicted octanol–water partition coefficient (Wildman–Crippen LogP) is 3.29. The summed E-state index contributed by atoms with van der Waals surface area (Å²) in [6, 6.07) is 13.1. The zero-order chi connectivity index (χ0) is 20.5. The molecular formula is C21H25N3O4. The Morgan fingerprint density at radius 3 is 2.18 bits per heavy atom. The molecule has 3 N–H and O–H groups in total. The molecule has 0 saturated heterocycles. The average Bonchev–Trinajstić information content (AvgIpc) is 2.66. The number of hydrogen-bond acceptors (Lipinski definition) is 4. The van der Waals surface area contributed by atoms with Crippen LogP contribution in [0.1, 0.15) is 54.3 Å². The van der Waals surface area contributed by atoms with Crippen LogP contribution in [-0.4, -0.2) is 23.8 Å². The molecule has 0 saturated carbocycles. The Balaban J connectivity index is 1.91. The maximum Gasteiger partial charge on any atom is 0.269 e. The second-order valence-electron chi connectivity index (χ2n) is 6.48. The molecule has 0 radical (unpaired) electrons. The molecule has 0 atom stereocenters. The van der Waals surface area contributed by atoms with E-state index in [1.165, 1.54) is 0 Å². The largest absolute Gasteiger partial charge is 0.491 e. The van der Waals surface area contributed by atoms with Gasteiger partial charge in [0.2, 0.25) is 5.91 Å². The fourth-order valence-electron chi connectivity index (χ4n) is 2.40. The zero-order valence-corrected chi connectivity index (χ0v) is 16.2. The molecule has 2 rings (SSSR count). The standard InChI is InChI=1S/C21H25N3O4/c1-4-6-19(25)22-17-11-9-15(10-12-17)20(26)23-24-21(27)16-7-5-8-18(13-16)28-14(2)3/h5,7-14H,4,6H2,1-3H3,(H,22,25)(H,23,26)(H,24,27). The molecule has 7 nitrogen and oxygen atoms in total. The number of amides is 3. The lowest BCUT2D eigenvalue weighted by atomic mass is 10.2. The van der Waals surface area contributed by atoms with Gasteiger partial charge < -0.3 is 10.1 Å². The van der Waals surface area contributed by atoms with E-state index in [9.17, 15) is 14.4 Å². The third-order valence-electron chi connectivity index (χ3n) is 3.67. The lowest BCUT2D eigenvalue weighted by Gasteiger charge is -2.11. The van der Waals surface area contributed by atoms with Crippen LogP contribution in [-0.2, 0) is 4.79 Å². The van der Waals surface area contributed by atoms with E-state index in [2.05, 4.69) is 16.2 Å². The highest BCUT2D eigenvalue weighted by molar-refractivity contribution is 5.99. The Kier molecular flexibility index (Phi) is 7.56. The van der Waals surface area contributed by atoms with Crippen molar-refractivity contribution in [2.75, 3.05) is 5.32 Å². The first-order valence-electron chi connectivity index (χ1n) is 9.16. The first kappa shape index (κ1) is 21.0. The van der Waals surface area contributed by atoms with Crippen LogP contribution in [0.4, 0.5) is 5.69 Å². The molecule has 2 aromatic rings. The monoisotopic (exact) mass is 383 g/mol. The first-order chi connectivity index (χ1) is 13.4. The number of benzene rings is 2.